The molecule has 1 aliphatic carbocycles. The topological polar surface area (TPSA) is 53.0 Å². The SMILES string of the molecule is CCN(CC)c1ccc(C2C3CCCCC3(O)CCN2C(=O)C2c3ccccc3Oc3ccccc32)cc1. The average Bonchev–Trinajstić information content (AvgIpc) is 2.95. The maximum Gasteiger partial charge on any atom is 0.235 e. The molecule has 6 rings (SSSR count). The van der Waals surface area contributed by atoms with E-state index in [4.69, 9.17) is 4.74 Å². The monoisotopic (exact) mass is 510 g/mol. The Bertz CT molecular complexity index is 1260. The van der Waals surface area contributed by atoms with Crippen LogP contribution < -0.4 is 9.64 Å². The number of benzene rings is 3. The van der Waals surface area contributed by atoms with Crippen LogP contribution in [-0.4, -0.2) is 41.1 Å². The summed E-state index contributed by atoms with van der Waals surface area (Å²) in [6.45, 7) is 6.80. The zero-order valence-electron chi connectivity index (χ0n) is 22.5. The van der Waals surface area contributed by atoms with Gasteiger partial charge in [0.2, 0.25) is 5.91 Å². The summed E-state index contributed by atoms with van der Waals surface area (Å²) >= 11 is 0. The third kappa shape index (κ3) is 4.17. The van der Waals surface area contributed by atoms with Crippen molar-refractivity contribution in [1.29, 1.82) is 0 Å². The van der Waals surface area contributed by atoms with E-state index in [1.54, 1.807) is 0 Å². The number of ether oxygens (including phenoxy) is 1. The van der Waals surface area contributed by atoms with Crippen molar-refractivity contribution in [2.24, 2.45) is 5.92 Å². The van der Waals surface area contributed by atoms with Gasteiger partial charge in [-0.05, 0) is 62.9 Å². The first-order chi connectivity index (χ1) is 18.5. The summed E-state index contributed by atoms with van der Waals surface area (Å²) in [7, 11) is 0. The lowest BCUT2D eigenvalue weighted by Crippen LogP contribution is -2.57. The minimum atomic E-state index is -0.720. The van der Waals surface area contributed by atoms with Crippen molar-refractivity contribution in [3.63, 3.8) is 0 Å². The van der Waals surface area contributed by atoms with Crippen LogP contribution >= 0.6 is 0 Å². The summed E-state index contributed by atoms with van der Waals surface area (Å²) in [4.78, 5) is 19.1. The smallest absolute Gasteiger partial charge is 0.235 e. The number of nitrogens with zero attached hydrogens (tertiary/aromatic N) is 2. The van der Waals surface area contributed by atoms with Gasteiger partial charge in [0.25, 0.3) is 0 Å². The maximum absolute atomic E-state index is 14.7. The third-order valence-corrected chi connectivity index (χ3v) is 9.14. The quantitative estimate of drug-likeness (QED) is 0.417. The maximum atomic E-state index is 14.7. The molecule has 2 aliphatic heterocycles. The highest BCUT2D eigenvalue weighted by Gasteiger charge is 2.51. The second-order valence-electron chi connectivity index (χ2n) is 11.1. The molecule has 3 aliphatic rings. The molecule has 3 aromatic carbocycles. The van der Waals surface area contributed by atoms with Crippen LogP contribution in [0.3, 0.4) is 0 Å². The number of piperidine rings is 1. The lowest BCUT2D eigenvalue weighted by molar-refractivity contribution is -0.156. The molecule has 0 bridgehead atoms. The van der Waals surface area contributed by atoms with Gasteiger partial charge in [0, 0.05) is 42.4 Å². The van der Waals surface area contributed by atoms with Gasteiger partial charge >= 0.3 is 0 Å². The normalized spacial score (nSPS) is 24.6. The van der Waals surface area contributed by atoms with E-state index in [2.05, 4.69) is 47.9 Å². The van der Waals surface area contributed by atoms with Gasteiger partial charge in [0.1, 0.15) is 11.5 Å². The molecule has 0 aromatic heterocycles. The first kappa shape index (κ1) is 25.0. The number of para-hydroxylation sites is 2. The van der Waals surface area contributed by atoms with Crippen molar-refractivity contribution in [3.8, 4) is 11.5 Å². The van der Waals surface area contributed by atoms with Crippen LogP contribution in [0.2, 0.25) is 0 Å². The van der Waals surface area contributed by atoms with Crippen molar-refractivity contribution >= 4 is 11.6 Å². The Morgan fingerprint density at radius 1 is 0.921 bits per heavy atom. The highest BCUT2D eigenvalue weighted by atomic mass is 16.5. The zero-order valence-corrected chi connectivity index (χ0v) is 22.5. The van der Waals surface area contributed by atoms with Gasteiger partial charge in [-0.25, -0.2) is 0 Å². The molecule has 1 saturated heterocycles. The van der Waals surface area contributed by atoms with E-state index in [-0.39, 0.29) is 17.9 Å². The van der Waals surface area contributed by atoms with E-state index in [0.29, 0.717) is 13.0 Å². The fourth-order valence-electron chi connectivity index (χ4n) is 7.15. The van der Waals surface area contributed by atoms with E-state index in [9.17, 15) is 9.90 Å². The van der Waals surface area contributed by atoms with E-state index >= 15 is 0 Å². The van der Waals surface area contributed by atoms with Crippen molar-refractivity contribution in [1.82, 2.24) is 4.90 Å². The Morgan fingerprint density at radius 2 is 1.55 bits per heavy atom. The number of likely N-dealkylation sites (tertiary alicyclic amines) is 1. The highest BCUT2D eigenvalue weighted by molar-refractivity contribution is 5.90. The standard InChI is InChI=1S/C33H38N2O3/c1-3-34(4-2)24-18-16-23(17-19-24)31-27-13-9-10-20-33(27,37)21-22-35(31)32(36)30-25-11-5-7-14-28(25)38-29-15-8-6-12-26(29)30/h5-8,11-12,14-19,27,30-31,37H,3-4,9-10,13,20-22H2,1-2H3. The predicted molar refractivity (Wildman–Crippen MR) is 151 cm³/mol. The summed E-state index contributed by atoms with van der Waals surface area (Å²) in [5.41, 5.74) is 3.42. The summed E-state index contributed by atoms with van der Waals surface area (Å²) in [5, 5.41) is 11.8. The number of fused-ring (bicyclic) bond motifs is 3. The lowest BCUT2D eigenvalue weighted by Gasteiger charge is -2.53. The number of rotatable bonds is 5. The lowest BCUT2D eigenvalue weighted by atomic mass is 9.65. The van der Waals surface area contributed by atoms with Crippen LogP contribution in [0.25, 0.3) is 0 Å². The summed E-state index contributed by atoms with van der Waals surface area (Å²) in [5.74, 6) is 1.19. The molecule has 2 fully saturated rings. The minimum Gasteiger partial charge on any atom is -0.457 e. The minimum absolute atomic E-state index is 0.0265. The summed E-state index contributed by atoms with van der Waals surface area (Å²) in [6.07, 6.45) is 4.52. The van der Waals surface area contributed by atoms with Crippen LogP contribution in [0.5, 0.6) is 11.5 Å². The fraction of sp³-hybridized carbons (Fsp3) is 0.424. The van der Waals surface area contributed by atoms with Crippen molar-refractivity contribution < 1.29 is 14.6 Å². The molecule has 2 heterocycles. The van der Waals surface area contributed by atoms with Gasteiger partial charge in [-0.15, -0.1) is 0 Å². The van der Waals surface area contributed by atoms with Gasteiger partial charge < -0.3 is 19.6 Å². The number of carbonyl (C=O) groups is 1. The molecule has 0 radical (unpaired) electrons. The molecule has 198 valence electrons. The molecule has 38 heavy (non-hydrogen) atoms. The number of amides is 1. The summed E-state index contributed by atoms with van der Waals surface area (Å²) < 4.78 is 6.20. The molecule has 1 saturated carbocycles. The van der Waals surface area contributed by atoms with Gasteiger partial charge in [-0.2, -0.15) is 0 Å². The second kappa shape index (κ2) is 10.1. The molecule has 0 spiro atoms. The number of anilines is 1. The number of hydrogen-bond acceptors (Lipinski definition) is 4. The van der Waals surface area contributed by atoms with Crippen LogP contribution in [0.4, 0.5) is 5.69 Å². The zero-order chi connectivity index (χ0) is 26.3. The molecular weight excluding hydrogens is 472 g/mol. The molecule has 1 amide bonds. The largest absolute Gasteiger partial charge is 0.457 e. The first-order valence-corrected chi connectivity index (χ1v) is 14.3. The molecule has 3 atom stereocenters. The highest BCUT2D eigenvalue weighted by Crippen LogP contribution is 2.52. The van der Waals surface area contributed by atoms with Gasteiger partial charge in [-0.1, -0.05) is 61.4 Å². The molecule has 5 nitrogen and oxygen atoms in total. The van der Waals surface area contributed by atoms with Crippen LogP contribution in [0.15, 0.2) is 72.8 Å². The third-order valence-electron chi connectivity index (χ3n) is 9.14. The summed E-state index contributed by atoms with van der Waals surface area (Å²) in [6, 6.07) is 24.4. The molecule has 3 unspecified atom stereocenters. The second-order valence-corrected chi connectivity index (χ2v) is 11.1. The Labute approximate surface area is 226 Å². The molecule has 3 aromatic rings. The van der Waals surface area contributed by atoms with Crippen LogP contribution in [0, 0.1) is 5.92 Å². The van der Waals surface area contributed by atoms with E-state index in [1.165, 1.54) is 5.69 Å². The van der Waals surface area contributed by atoms with Crippen molar-refractivity contribution in [2.45, 2.75) is 63.5 Å². The van der Waals surface area contributed by atoms with Crippen LogP contribution in [-0.2, 0) is 4.79 Å². The average molecular weight is 511 g/mol. The van der Waals surface area contributed by atoms with Gasteiger partial charge in [0.05, 0.1) is 17.6 Å². The van der Waals surface area contributed by atoms with Crippen molar-refractivity contribution in [3.05, 3.63) is 89.5 Å². The number of carbonyl (C=O) groups excluding carboxylic acids is 1. The Hall–Kier alpha value is -3.31. The fourth-order valence-corrected chi connectivity index (χ4v) is 7.15. The van der Waals surface area contributed by atoms with E-state index < -0.39 is 11.5 Å². The van der Waals surface area contributed by atoms with E-state index in [1.807, 2.05) is 48.5 Å². The molecule has 1 N–H and O–H groups in total. The van der Waals surface area contributed by atoms with Gasteiger partial charge in [0.15, 0.2) is 0 Å². The predicted octanol–water partition coefficient (Wildman–Crippen LogP) is 6.67. The Balaban J connectivity index is 1.42. The Morgan fingerprint density at radius 3 is 2.18 bits per heavy atom. The van der Waals surface area contributed by atoms with Crippen LogP contribution in [0.1, 0.15) is 74.6 Å². The number of hydrogen-bond donors (Lipinski definition) is 1. The molecular formula is C33H38N2O3. The van der Waals surface area contributed by atoms with Crippen molar-refractivity contribution in [2.75, 3.05) is 24.5 Å². The molecule has 5 heteroatoms. The van der Waals surface area contributed by atoms with E-state index in [0.717, 1.165) is 67.0 Å². The van der Waals surface area contributed by atoms with Gasteiger partial charge in [-0.3, -0.25) is 4.79 Å². The number of aliphatic hydroxyl groups is 1. The first-order valence-electron chi connectivity index (χ1n) is 14.3. The Kier molecular flexibility index (Phi) is 6.65.